The Morgan fingerprint density at radius 3 is 2.77 bits per heavy atom. The first kappa shape index (κ1) is 11.6. The van der Waals surface area contributed by atoms with E-state index in [4.69, 9.17) is 0 Å². The molecule has 5 nitrogen and oxygen atoms in total. The van der Waals surface area contributed by atoms with Gasteiger partial charge in [0.25, 0.3) is 0 Å². The van der Waals surface area contributed by atoms with Crippen molar-refractivity contribution >= 4 is 11.9 Å². The molecular weight excluding hydrogens is 174 g/mol. The maximum absolute atomic E-state index is 10.8. The molecule has 0 aliphatic rings. The zero-order chi connectivity index (χ0) is 10.1. The summed E-state index contributed by atoms with van der Waals surface area (Å²) in [5.41, 5.74) is 2.39. The minimum Gasteiger partial charge on any atom is -0.462 e. The van der Waals surface area contributed by atoms with Crippen molar-refractivity contribution in [1.82, 2.24) is 5.48 Å². The van der Waals surface area contributed by atoms with E-state index in [0.717, 1.165) is 6.08 Å². The van der Waals surface area contributed by atoms with Gasteiger partial charge in [-0.2, -0.15) is 5.48 Å². The molecule has 0 saturated carbocycles. The van der Waals surface area contributed by atoms with Gasteiger partial charge in [0.1, 0.15) is 6.61 Å². The molecule has 0 aliphatic carbocycles. The highest BCUT2D eigenvalue weighted by atomic mass is 16.7. The van der Waals surface area contributed by atoms with Gasteiger partial charge in [0.15, 0.2) is 0 Å². The highest BCUT2D eigenvalue weighted by molar-refractivity contribution is 5.81. The summed E-state index contributed by atoms with van der Waals surface area (Å²) in [6.07, 6.45) is 1.07. The Bertz CT molecular complexity index is 191. The van der Waals surface area contributed by atoms with Gasteiger partial charge in [-0.3, -0.25) is 4.79 Å². The normalized spacial score (nSPS) is 9.00. The number of ether oxygens (including phenoxy) is 1. The molecule has 0 heterocycles. The Morgan fingerprint density at radius 1 is 1.54 bits per heavy atom. The summed E-state index contributed by atoms with van der Waals surface area (Å²) >= 11 is 0. The van der Waals surface area contributed by atoms with Crippen LogP contribution in [0.5, 0.6) is 0 Å². The summed E-state index contributed by atoms with van der Waals surface area (Å²) in [5.74, 6) is -1.00. The minimum atomic E-state index is -0.545. The highest BCUT2D eigenvalue weighted by Crippen LogP contribution is 1.87. The second-order valence-electron chi connectivity index (χ2n) is 2.09. The number of esters is 1. The molecule has 0 aliphatic heterocycles. The van der Waals surface area contributed by atoms with Gasteiger partial charge in [-0.05, 0) is 6.92 Å². The molecule has 0 unspecified atom stereocenters. The molecule has 0 aromatic carbocycles. The molecule has 0 saturated heterocycles. The number of hydrogen-bond donors (Lipinski definition) is 1. The molecule has 0 bridgehead atoms. The van der Waals surface area contributed by atoms with Crippen LogP contribution >= 0.6 is 0 Å². The van der Waals surface area contributed by atoms with Crippen LogP contribution < -0.4 is 5.48 Å². The Balaban J connectivity index is 3.36. The second-order valence-corrected chi connectivity index (χ2v) is 2.09. The van der Waals surface area contributed by atoms with Crippen molar-refractivity contribution in [2.75, 3.05) is 13.2 Å². The number of hydrogen-bond acceptors (Lipinski definition) is 5. The molecule has 5 heteroatoms. The van der Waals surface area contributed by atoms with E-state index in [0.29, 0.717) is 6.54 Å². The number of carbonyl (C=O) groups is 2. The third-order valence-corrected chi connectivity index (χ3v) is 1.05. The van der Waals surface area contributed by atoms with Crippen LogP contribution in [0.3, 0.4) is 0 Å². The average molecular weight is 187 g/mol. The van der Waals surface area contributed by atoms with E-state index < -0.39 is 11.9 Å². The zero-order valence-corrected chi connectivity index (χ0v) is 7.54. The number of hydroxylamine groups is 1. The minimum absolute atomic E-state index is 0.00901. The molecular formula is C8H13NO4. The first-order valence-electron chi connectivity index (χ1n) is 3.92. The van der Waals surface area contributed by atoms with Gasteiger partial charge in [0.05, 0.1) is 6.42 Å². The predicted octanol–water partition coefficient (Wildman–Crippen LogP) is 0.173. The molecule has 0 radical (unpaired) electrons. The van der Waals surface area contributed by atoms with Crippen LogP contribution in [0.4, 0.5) is 0 Å². The topological polar surface area (TPSA) is 64.6 Å². The molecule has 0 amide bonds. The van der Waals surface area contributed by atoms with E-state index in [2.05, 4.69) is 21.6 Å². The molecule has 0 spiro atoms. The SMILES string of the molecule is C=CC(=O)OCCC(=O)ONCC. The monoisotopic (exact) mass is 187 g/mol. The van der Waals surface area contributed by atoms with Crippen LogP contribution in [0.1, 0.15) is 13.3 Å². The molecule has 0 aromatic heterocycles. The van der Waals surface area contributed by atoms with E-state index >= 15 is 0 Å². The lowest BCUT2D eigenvalue weighted by atomic mass is 10.5. The van der Waals surface area contributed by atoms with E-state index in [1.807, 2.05) is 0 Å². The third kappa shape index (κ3) is 7.02. The van der Waals surface area contributed by atoms with Gasteiger partial charge in [-0.15, -0.1) is 0 Å². The fourth-order valence-electron chi connectivity index (χ4n) is 0.498. The summed E-state index contributed by atoms with van der Waals surface area (Å²) in [6, 6.07) is 0. The van der Waals surface area contributed by atoms with E-state index in [9.17, 15) is 9.59 Å². The maximum atomic E-state index is 10.8. The van der Waals surface area contributed by atoms with Crippen LogP contribution in [0, 0.1) is 0 Å². The van der Waals surface area contributed by atoms with Crippen molar-refractivity contribution in [2.24, 2.45) is 0 Å². The van der Waals surface area contributed by atoms with Crippen molar-refractivity contribution in [2.45, 2.75) is 13.3 Å². The summed E-state index contributed by atoms with van der Waals surface area (Å²) in [4.78, 5) is 25.8. The van der Waals surface area contributed by atoms with Crippen molar-refractivity contribution in [3.05, 3.63) is 12.7 Å². The average Bonchev–Trinajstić information content (AvgIpc) is 2.14. The van der Waals surface area contributed by atoms with Gasteiger partial charge in [-0.1, -0.05) is 6.58 Å². The fourth-order valence-corrected chi connectivity index (χ4v) is 0.498. The first-order valence-corrected chi connectivity index (χ1v) is 3.92. The Morgan fingerprint density at radius 2 is 2.23 bits per heavy atom. The Hall–Kier alpha value is -1.36. The lowest BCUT2D eigenvalue weighted by molar-refractivity contribution is -0.153. The summed E-state index contributed by atoms with van der Waals surface area (Å²) in [5, 5.41) is 0. The fraction of sp³-hybridized carbons (Fsp3) is 0.500. The van der Waals surface area contributed by atoms with Crippen LogP contribution in [0.25, 0.3) is 0 Å². The quantitative estimate of drug-likeness (QED) is 0.365. The second kappa shape index (κ2) is 7.30. The largest absolute Gasteiger partial charge is 0.462 e. The first-order chi connectivity index (χ1) is 6.20. The van der Waals surface area contributed by atoms with E-state index in [-0.39, 0.29) is 13.0 Å². The zero-order valence-electron chi connectivity index (χ0n) is 7.54. The molecule has 13 heavy (non-hydrogen) atoms. The van der Waals surface area contributed by atoms with Crippen LogP contribution in [-0.4, -0.2) is 25.1 Å². The van der Waals surface area contributed by atoms with Crippen LogP contribution in [-0.2, 0) is 19.2 Å². The Kier molecular flexibility index (Phi) is 6.53. The van der Waals surface area contributed by atoms with Crippen LogP contribution in [0.15, 0.2) is 12.7 Å². The predicted molar refractivity (Wildman–Crippen MR) is 45.5 cm³/mol. The van der Waals surface area contributed by atoms with Crippen LogP contribution in [0.2, 0.25) is 0 Å². The smallest absolute Gasteiger partial charge is 0.330 e. The van der Waals surface area contributed by atoms with E-state index in [1.165, 1.54) is 0 Å². The molecule has 1 N–H and O–H groups in total. The summed E-state index contributed by atoms with van der Waals surface area (Å²) in [6.45, 7) is 5.55. The molecule has 0 rings (SSSR count). The lowest BCUT2D eigenvalue weighted by Gasteiger charge is -2.03. The number of carbonyl (C=O) groups excluding carboxylic acids is 2. The van der Waals surface area contributed by atoms with Gasteiger partial charge < -0.3 is 9.57 Å². The van der Waals surface area contributed by atoms with Gasteiger partial charge >= 0.3 is 11.9 Å². The van der Waals surface area contributed by atoms with Crippen molar-refractivity contribution in [3.8, 4) is 0 Å². The summed E-state index contributed by atoms with van der Waals surface area (Å²) in [7, 11) is 0. The molecule has 0 fully saturated rings. The number of nitrogens with one attached hydrogen (secondary N) is 1. The number of rotatable bonds is 6. The highest BCUT2D eigenvalue weighted by Gasteiger charge is 2.03. The standard InChI is InChI=1S/C8H13NO4/c1-3-7(10)12-6-5-8(11)13-9-4-2/h3,9H,1,4-6H2,2H3. The molecule has 74 valence electrons. The van der Waals surface area contributed by atoms with Gasteiger partial charge in [0, 0.05) is 12.6 Å². The van der Waals surface area contributed by atoms with Crippen molar-refractivity contribution in [3.63, 3.8) is 0 Å². The molecule has 0 aromatic rings. The van der Waals surface area contributed by atoms with Crippen molar-refractivity contribution < 1.29 is 19.2 Å². The van der Waals surface area contributed by atoms with Gasteiger partial charge in [0.2, 0.25) is 0 Å². The molecule has 0 atom stereocenters. The lowest BCUT2D eigenvalue weighted by Crippen LogP contribution is -2.20. The third-order valence-electron chi connectivity index (χ3n) is 1.05. The maximum Gasteiger partial charge on any atom is 0.330 e. The van der Waals surface area contributed by atoms with Crippen molar-refractivity contribution in [1.29, 1.82) is 0 Å². The summed E-state index contributed by atoms with van der Waals surface area (Å²) < 4.78 is 4.56. The van der Waals surface area contributed by atoms with Gasteiger partial charge in [-0.25, -0.2) is 4.79 Å². The Labute approximate surface area is 76.7 Å². The van der Waals surface area contributed by atoms with E-state index in [1.54, 1.807) is 6.92 Å².